The van der Waals surface area contributed by atoms with Crippen molar-refractivity contribution in [2.45, 2.75) is 39.5 Å². The van der Waals surface area contributed by atoms with Crippen LogP contribution in [0.3, 0.4) is 0 Å². The number of rotatable bonds is 2. The number of nitrogens with zero attached hydrogens (tertiary/aromatic N) is 2. The molecule has 2 nitrogen and oxygen atoms in total. The Kier molecular flexibility index (Phi) is 3.87. The number of allylic oxidation sites excluding steroid dienone is 1. The third-order valence-corrected chi connectivity index (χ3v) is 3.50. The molecule has 2 rings (SSSR count). The second-order valence-corrected chi connectivity index (χ2v) is 5.69. The fraction of sp³-hybridized carbons (Fsp3) is 0.500. The maximum atomic E-state index is 4.63. The van der Waals surface area contributed by atoms with E-state index in [4.69, 9.17) is 0 Å². The highest BCUT2D eigenvalue weighted by atomic mass is 79.9. The number of aliphatic imine (C=N–C) groups is 1. The molecule has 1 heterocycles. The molecule has 0 saturated heterocycles. The summed E-state index contributed by atoms with van der Waals surface area (Å²) in [5.74, 6) is 1.09. The Bertz CT molecular complexity index is 477. The highest BCUT2D eigenvalue weighted by Gasteiger charge is 2.21. The van der Waals surface area contributed by atoms with Crippen LogP contribution >= 0.6 is 15.9 Å². The summed E-state index contributed by atoms with van der Waals surface area (Å²) in [4.78, 5) is 4.63. The Labute approximate surface area is 112 Å². The average Bonchev–Trinajstić information content (AvgIpc) is 2.55. The maximum absolute atomic E-state index is 4.63. The van der Waals surface area contributed by atoms with Gasteiger partial charge < -0.3 is 4.57 Å². The smallest absolute Gasteiger partial charge is 0.141 e. The van der Waals surface area contributed by atoms with Crippen LogP contribution in [0.4, 0.5) is 5.82 Å². The van der Waals surface area contributed by atoms with Gasteiger partial charge in [0.15, 0.2) is 0 Å². The van der Waals surface area contributed by atoms with E-state index < -0.39 is 0 Å². The van der Waals surface area contributed by atoms with Crippen molar-refractivity contribution in [2.75, 3.05) is 0 Å². The van der Waals surface area contributed by atoms with Crippen molar-refractivity contribution < 1.29 is 0 Å². The van der Waals surface area contributed by atoms with E-state index in [0.29, 0.717) is 0 Å². The molecule has 0 bridgehead atoms. The minimum atomic E-state index is 0.932. The van der Waals surface area contributed by atoms with Crippen molar-refractivity contribution in [3.05, 3.63) is 22.9 Å². The van der Waals surface area contributed by atoms with Gasteiger partial charge in [-0.2, -0.15) is 0 Å². The lowest BCUT2D eigenvalue weighted by Gasteiger charge is -2.13. The molecule has 0 spiro atoms. The van der Waals surface area contributed by atoms with E-state index in [1.54, 1.807) is 0 Å². The molecule has 92 valence electrons. The number of hydrogen-bond acceptors (Lipinski definition) is 1. The van der Waals surface area contributed by atoms with Crippen LogP contribution in [0.15, 0.2) is 11.1 Å². The fourth-order valence-electron chi connectivity index (χ4n) is 2.62. The highest BCUT2D eigenvalue weighted by Crippen LogP contribution is 2.35. The van der Waals surface area contributed by atoms with Gasteiger partial charge in [-0.1, -0.05) is 12.2 Å². The number of fused-ring (bicyclic) bond motifs is 1. The molecule has 0 amide bonds. The fourth-order valence-corrected chi connectivity index (χ4v) is 2.78. The van der Waals surface area contributed by atoms with Gasteiger partial charge in [0.05, 0.1) is 4.62 Å². The van der Waals surface area contributed by atoms with Gasteiger partial charge >= 0.3 is 0 Å². The predicted octanol–water partition coefficient (Wildman–Crippen LogP) is 4.38. The van der Waals surface area contributed by atoms with Crippen molar-refractivity contribution in [2.24, 2.45) is 12.0 Å². The molecule has 0 fully saturated rings. The van der Waals surface area contributed by atoms with E-state index in [0.717, 1.165) is 10.4 Å². The first kappa shape index (κ1) is 12.6. The van der Waals surface area contributed by atoms with E-state index in [1.165, 1.54) is 42.5 Å². The highest BCUT2D eigenvalue weighted by molar-refractivity contribution is 9.18. The van der Waals surface area contributed by atoms with Crippen LogP contribution in [-0.4, -0.2) is 9.19 Å². The van der Waals surface area contributed by atoms with E-state index in [-0.39, 0.29) is 0 Å². The van der Waals surface area contributed by atoms with Crippen LogP contribution in [0.1, 0.15) is 43.5 Å². The Morgan fingerprint density at radius 1 is 1.35 bits per heavy atom. The number of hydrogen-bond donors (Lipinski definition) is 0. The first-order valence-corrected chi connectivity index (χ1v) is 6.98. The summed E-state index contributed by atoms with van der Waals surface area (Å²) < 4.78 is 3.19. The molecule has 0 aliphatic heterocycles. The minimum absolute atomic E-state index is 0.932. The van der Waals surface area contributed by atoms with Crippen LogP contribution < -0.4 is 0 Å². The van der Waals surface area contributed by atoms with Gasteiger partial charge in [-0.15, -0.1) is 0 Å². The molecule has 0 unspecified atom stereocenters. The summed E-state index contributed by atoms with van der Waals surface area (Å²) in [6.07, 6.45) is 9.28. The first-order valence-electron chi connectivity index (χ1n) is 6.19. The van der Waals surface area contributed by atoms with Crippen molar-refractivity contribution in [1.82, 2.24) is 4.57 Å². The van der Waals surface area contributed by atoms with Crippen molar-refractivity contribution in [3.8, 4) is 0 Å². The van der Waals surface area contributed by atoms with Crippen LogP contribution in [-0.2, 0) is 19.9 Å². The summed E-state index contributed by atoms with van der Waals surface area (Å²) in [5, 5.41) is 0. The Morgan fingerprint density at radius 3 is 2.71 bits per heavy atom. The number of halogens is 1. The van der Waals surface area contributed by atoms with Gasteiger partial charge in [0.25, 0.3) is 0 Å². The van der Waals surface area contributed by atoms with E-state index in [2.05, 4.69) is 51.6 Å². The Balaban J connectivity index is 2.64. The Hall–Kier alpha value is -0.830. The Morgan fingerprint density at radius 2 is 2.06 bits per heavy atom. The molecule has 3 heteroatoms. The molecule has 0 aromatic carbocycles. The maximum Gasteiger partial charge on any atom is 0.141 e. The average molecular weight is 295 g/mol. The van der Waals surface area contributed by atoms with Crippen LogP contribution in [0, 0.1) is 0 Å². The standard InChI is InChI=1S/C14H19BrN2/c1-4-7-12-11-8-5-6-9-13(11)17(3)14(12)16-10(2)15/h4,7H,5-6,8-9H2,1-3H3/b7-4-,16-10?. The van der Waals surface area contributed by atoms with E-state index in [1.807, 2.05) is 6.92 Å². The lowest BCUT2D eigenvalue weighted by molar-refractivity contribution is 0.649. The molecule has 0 saturated carbocycles. The predicted molar refractivity (Wildman–Crippen MR) is 78.5 cm³/mol. The second kappa shape index (κ2) is 5.21. The molecular weight excluding hydrogens is 276 g/mol. The van der Waals surface area contributed by atoms with Crippen LogP contribution in [0.5, 0.6) is 0 Å². The van der Waals surface area contributed by atoms with Gasteiger partial charge in [0, 0.05) is 18.3 Å². The van der Waals surface area contributed by atoms with Crippen molar-refractivity contribution in [3.63, 3.8) is 0 Å². The van der Waals surface area contributed by atoms with Crippen molar-refractivity contribution in [1.29, 1.82) is 0 Å². The zero-order chi connectivity index (χ0) is 12.4. The summed E-state index contributed by atoms with van der Waals surface area (Å²) in [5.41, 5.74) is 4.28. The SMILES string of the molecule is C/C=C\c1c2c(n(C)c1N=C(C)Br)CCCC2. The van der Waals surface area contributed by atoms with Crippen LogP contribution in [0.2, 0.25) is 0 Å². The van der Waals surface area contributed by atoms with Gasteiger partial charge in [0.1, 0.15) is 5.82 Å². The lowest BCUT2D eigenvalue weighted by atomic mass is 9.94. The van der Waals surface area contributed by atoms with E-state index >= 15 is 0 Å². The first-order chi connectivity index (χ1) is 8.15. The zero-order valence-electron chi connectivity index (χ0n) is 10.8. The molecule has 0 N–H and O–H groups in total. The van der Waals surface area contributed by atoms with Crippen molar-refractivity contribution >= 4 is 32.4 Å². The summed E-state index contributed by atoms with van der Waals surface area (Å²) in [6.45, 7) is 4.04. The van der Waals surface area contributed by atoms with Gasteiger partial charge in [-0.05, 0) is 61.0 Å². The van der Waals surface area contributed by atoms with E-state index in [9.17, 15) is 0 Å². The molecule has 0 radical (unpaired) electrons. The molecule has 1 aromatic rings. The van der Waals surface area contributed by atoms with Gasteiger partial charge in [0.2, 0.25) is 0 Å². The monoisotopic (exact) mass is 294 g/mol. The molecular formula is C14H19BrN2. The summed E-state index contributed by atoms with van der Waals surface area (Å²) >= 11 is 3.44. The number of aromatic nitrogens is 1. The van der Waals surface area contributed by atoms with Crippen LogP contribution in [0.25, 0.3) is 6.08 Å². The van der Waals surface area contributed by atoms with Gasteiger partial charge in [-0.3, -0.25) is 0 Å². The zero-order valence-corrected chi connectivity index (χ0v) is 12.3. The molecule has 0 atom stereocenters. The lowest BCUT2D eigenvalue weighted by Crippen LogP contribution is -2.05. The third-order valence-electron chi connectivity index (χ3n) is 3.32. The normalized spacial score (nSPS) is 16.6. The molecule has 1 aliphatic carbocycles. The van der Waals surface area contributed by atoms with Gasteiger partial charge in [-0.25, -0.2) is 4.99 Å². The molecule has 17 heavy (non-hydrogen) atoms. The largest absolute Gasteiger partial charge is 0.332 e. The topological polar surface area (TPSA) is 17.3 Å². The minimum Gasteiger partial charge on any atom is -0.332 e. The quantitative estimate of drug-likeness (QED) is 0.720. The third kappa shape index (κ3) is 2.39. The second-order valence-electron chi connectivity index (χ2n) is 4.54. The summed E-state index contributed by atoms with van der Waals surface area (Å²) in [6, 6.07) is 0. The molecule has 1 aliphatic rings. The molecule has 1 aromatic heterocycles. The summed E-state index contributed by atoms with van der Waals surface area (Å²) in [7, 11) is 2.13.